The first kappa shape index (κ1) is 14.0. The molecule has 4 nitrogen and oxygen atoms in total. The van der Waals surface area contributed by atoms with Gasteiger partial charge in [-0.1, -0.05) is 6.07 Å². The van der Waals surface area contributed by atoms with E-state index in [2.05, 4.69) is 38.9 Å². The maximum Gasteiger partial charge on any atom is 0.127 e. The summed E-state index contributed by atoms with van der Waals surface area (Å²) >= 11 is 0. The fraction of sp³-hybridized carbons (Fsp3) is 0.471. The SMILES string of the molecule is Cc1cc(C)c(-c2nn(C)c(N)c2C)c2c1OC(C)(C)C2. The summed E-state index contributed by atoms with van der Waals surface area (Å²) in [6, 6.07) is 2.18. The standard InChI is InChI=1S/C17H23N3O/c1-9-7-10(2)15-12(8-17(4,5)21-15)13(9)14-11(3)16(18)20(6)19-14/h7H,8,18H2,1-6H3. The average Bonchev–Trinajstić information content (AvgIpc) is 2.82. The first-order chi connectivity index (χ1) is 9.71. The number of nitrogens with zero attached hydrogens (tertiary/aromatic N) is 2. The van der Waals surface area contributed by atoms with Crippen LogP contribution in [0, 0.1) is 20.8 Å². The minimum Gasteiger partial charge on any atom is -0.487 e. The largest absolute Gasteiger partial charge is 0.487 e. The van der Waals surface area contributed by atoms with Gasteiger partial charge in [-0.2, -0.15) is 5.10 Å². The second-order valence-corrected chi connectivity index (χ2v) is 6.71. The first-order valence-electron chi connectivity index (χ1n) is 7.33. The van der Waals surface area contributed by atoms with Crippen molar-refractivity contribution in [3.8, 4) is 17.0 Å². The van der Waals surface area contributed by atoms with E-state index in [4.69, 9.17) is 10.5 Å². The average molecular weight is 285 g/mol. The van der Waals surface area contributed by atoms with Gasteiger partial charge in [0, 0.05) is 30.2 Å². The molecule has 0 spiro atoms. The topological polar surface area (TPSA) is 53.1 Å². The van der Waals surface area contributed by atoms with Gasteiger partial charge in [-0.05, 0) is 45.7 Å². The maximum absolute atomic E-state index is 6.15. The molecule has 1 aromatic heterocycles. The molecule has 1 aromatic carbocycles. The second kappa shape index (κ2) is 4.26. The van der Waals surface area contributed by atoms with Crippen molar-refractivity contribution in [3.63, 3.8) is 0 Å². The molecular formula is C17H23N3O. The van der Waals surface area contributed by atoms with Crippen molar-refractivity contribution in [2.75, 3.05) is 5.73 Å². The van der Waals surface area contributed by atoms with E-state index in [1.165, 1.54) is 22.3 Å². The van der Waals surface area contributed by atoms with E-state index in [1.807, 2.05) is 14.0 Å². The maximum atomic E-state index is 6.15. The number of aryl methyl sites for hydroxylation is 3. The lowest BCUT2D eigenvalue weighted by molar-refractivity contribution is 0.137. The third kappa shape index (κ3) is 2.01. The molecular weight excluding hydrogens is 262 g/mol. The van der Waals surface area contributed by atoms with Crippen LogP contribution in [0.4, 0.5) is 5.82 Å². The van der Waals surface area contributed by atoms with Crippen molar-refractivity contribution in [2.24, 2.45) is 7.05 Å². The van der Waals surface area contributed by atoms with Gasteiger partial charge in [-0.25, -0.2) is 0 Å². The van der Waals surface area contributed by atoms with Crippen LogP contribution < -0.4 is 10.5 Å². The van der Waals surface area contributed by atoms with Gasteiger partial charge < -0.3 is 10.5 Å². The summed E-state index contributed by atoms with van der Waals surface area (Å²) in [7, 11) is 1.88. The summed E-state index contributed by atoms with van der Waals surface area (Å²) in [5, 5.41) is 4.63. The van der Waals surface area contributed by atoms with Gasteiger partial charge in [0.05, 0.1) is 5.69 Å². The molecule has 1 aliphatic rings. The van der Waals surface area contributed by atoms with Crippen molar-refractivity contribution >= 4 is 5.82 Å². The Kier molecular flexibility index (Phi) is 2.84. The summed E-state index contributed by atoms with van der Waals surface area (Å²) in [6.45, 7) is 10.5. The lowest BCUT2D eigenvalue weighted by atomic mass is 9.90. The molecule has 0 fully saturated rings. The Morgan fingerprint density at radius 1 is 1.24 bits per heavy atom. The molecule has 0 radical (unpaired) electrons. The number of aromatic nitrogens is 2. The number of nitrogen functional groups attached to an aromatic ring is 1. The third-order valence-corrected chi connectivity index (χ3v) is 4.32. The number of anilines is 1. The van der Waals surface area contributed by atoms with E-state index < -0.39 is 0 Å². The van der Waals surface area contributed by atoms with E-state index in [0.717, 1.165) is 29.2 Å². The van der Waals surface area contributed by atoms with E-state index in [0.29, 0.717) is 0 Å². The third-order valence-electron chi connectivity index (χ3n) is 4.32. The van der Waals surface area contributed by atoms with Crippen LogP contribution >= 0.6 is 0 Å². The minimum absolute atomic E-state index is 0.163. The molecule has 0 unspecified atom stereocenters. The van der Waals surface area contributed by atoms with Gasteiger partial charge in [0.15, 0.2) is 0 Å². The molecule has 2 aromatic rings. The minimum atomic E-state index is -0.163. The highest BCUT2D eigenvalue weighted by atomic mass is 16.5. The number of ether oxygens (including phenoxy) is 1. The predicted molar refractivity (Wildman–Crippen MR) is 85.7 cm³/mol. The van der Waals surface area contributed by atoms with Gasteiger partial charge in [0.1, 0.15) is 17.2 Å². The number of nitrogens with two attached hydrogens (primary N) is 1. The van der Waals surface area contributed by atoms with Crippen LogP contribution in [-0.2, 0) is 13.5 Å². The molecule has 112 valence electrons. The molecule has 2 heterocycles. The Morgan fingerprint density at radius 3 is 2.48 bits per heavy atom. The van der Waals surface area contributed by atoms with Crippen molar-refractivity contribution in [2.45, 2.75) is 46.6 Å². The van der Waals surface area contributed by atoms with Crippen molar-refractivity contribution in [1.29, 1.82) is 0 Å². The number of fused-ring (bicyclic) bond motifs is 1. The fourth-order valence-corrected chi connectivity index (χ4v) is 3.31. The molecule has 2 N–H and O–H groups in total. The number of hydrogen-bond acceptors (Lipinski definition) is 3. The van der Waals surface area contributed by atoms with Gasteiger partial charge in [-0.15, -0.1) is 0 Å². The van der Waals surface area contributed by atoms with Gasteiger partial charge >= 0.3 is 0 Å². The Bertz CT molecular complexity index is 741. The lowest BCUT2D eigenvalue weighted by Crippen LogP contribution is -2.24. The molecule has 0 bridgehead atoms. The monoisotopic (exact) mass is 285 g/mol. The Balaban J connectivity index is 2.30. The predicted octanol–water partition coefficient (Wildman–Crippen LogP) is 3.31. The normalized spacial score (nSPS) is 15.9. The van der Waals surface area contributed by atoms with Crippen LogP contribution in [0.1, 0.15) is 36.1 Å². The van der Waals surface area contributed by atoms with E-state index in [-0.39, 0.29) is 5.60 Å². The van der Waals surface area contributed by atoms with Crippen LogP contribution in [-0.4, -0.2) is 15.4 Å². The highest BCUT2D eigenvalue weighted by Gasteiger charge is 2.35. The Morgan fingerprint density at radius 2 is 1.90 bits per heavy atom. The van der Waals surface area contributed by atoms with Gasteiger partial charge in [-0.3, -0.25) is 4.68 Å². The van der Waals surface area contributed by atoms with Crippen LogP contribution in [0.15, 0.2) is 6.07 Å². The second-order valence-electron chi connectivity index (χ2n) is 6.71. The molecule has 0 saturated carbocycles. The van der Waals surface area contributed by atoms with E-state index >= 15 is 0 Å². The quantitative estimate of drug-likeness (QED) is 0.874. The van der Waals surface area contributed by atoms with Gasteiger partial charge in [0.25, 0.3) is 0 Å². The highest BCUT2D eigenvalue weighted by molar-refractivity contribution is 5.77. The number of rotatable bonds is 1. The molecule has 0 saturated heterocycles. The molecule has 0 atom stereocenters. The Labute approximate surface area is 125 Å². The van der Waals surface area contributed by atoms with Crippen molar-refractivity contribution in [1.82, 2.24) is 9.78 Å². The molecule has 1 aliphatic heterocycles. The first-order valence-corrected chi connectivity index (χ1v) is 7.33. The summed E-state index contributed by atoms with van der Waals surface area (Å²) in [6.07, 6.45) is 0.899. The Hall–Kier alpha value is -1.97. The summed E-state index contributed by atoms with van der Waals surface area (Å²) < 4.78 is 7.90. The molecule has 0 aliphatic carbocycles. The molecule has 0 amide bonds. The number of hydrogen-bond donors (Lipinski definition) is 1. The van der Waals surface area contributed by atoms with Crippen molar-refractivity contribution < 1.29 is 4.74 Å². The summed E-state index contributed by atoms with van der Waals surface area (Å²) in [5.41, 5.74) is 12.8. The number of benzene rings is 1. The van der Waals surface area contributed by atoms with E-state index in [1.54, 1.807) is 4.68 Å². The van der Waals surface area contributed by atoms with Crippen LogP contribution in [0.25, 0.3) is 11.3 Å². The molecule has 3 rings (SSSR count). The van der Waals surface area contributed by atoms with Crippen LogP contribution in [0.5, 0.6) is 5.75 Å². The van der Waals surface area contributed by atoms with Crippen LogP contribution in [0.3, 0.4) is 0 Å². The zero-order valence-corrected chi connectivity index (χ0v) is 13.7. The molecule has 21 heavy (non-hydrogen) atoms. The van der Waals surface area contributed by atoms with Crippen LogP contribution in [0.2, 0.25) is 0 Å². The zero-order valence-electron chi connectivity index (χ0n) is 13.7. The van der Waals surface area contributed by atoms with Gasteiger partial charge in [0.2, 0.25) is 0 Å². The smallest absolute Gasteiger partial charge is 0.127 e. The lowest BCUT2D eigenvalue weighted by Gasteiger charge is -2.17. The fourth-order valence-electron chi connectivity index (χ4n) is 3.31. The zero-order chi connectivity index (χ0) is 15.5. The summed E-state index contributed by atoms with van der Waals surface area (Å²) in [5.74, 6) is 1.74. The van der Waals surface area contributed by atoms with E-state index in [9.17, 15) is 0 Å². The highest BCUT2D eigenvalue weighted by Crippen LogP contribution is 2.45. The molecule has 4 heteroatoms. The summed E-state index contributed by atoms with van der Waals surface area (Å²) in [4.78, 5) is 0. The van der Waals surface area contributed by atoms with Crippen molar-refractivity contribution in [3.05, 3.63) is 28.3 Å².